The van der Waals surface area contributed by atoms with Gasteiger partial charge in [-0.2, -0.15) is 0 Å². The van der Waals surface area contributed by atoms with Crippen molar-refractivity contribution in [1.29, 1.82) is 0 Å². The summed E-state index contributed by atoms with van der Waals surface area (Å²) in [5.41, 5.74) is 2.77. The van der Waals surface area contributed by atoms with Crippen LogP contribution >= 0.6 is 0 Å². The quantitative estimate of drug-likeness (QED) is 0.481. The molecule has 7 heteroatoms. The van der Waals surface area contributed by atoms with Crippen molar-refractivity contribution in [3.63, 3.8) is 0 Å². The van der Waals surface area contributed by atoms with Gasteiger partial charge in [-0.15, -0.1) is 0 Å². The van der Waals surface area contributed by atoms with Crippen LogP contribution in [-0.4, -0.2) is 28.2 Å². The molecule has 30 heavy (non-hydrogen) atoms. The number of benzene rings is 1. The number of anilines is 1. The number of hydrogen-bond donors (Lipinski definition) is 2. The molecule has 4 aromatic rings. The number of aromatic nitrogens is 3. The van der Waals surface area contributed by atoms with E-state index in [1.807, 2.05) is 31.2 Å². The Morgan fingerprint density at radius 2 is 1.83 bits per heavy atom. The van der Waals surface area contributed by atoms with Crippen LogP contribution in [0.3, 0.4) is 0 Å². The predicted molar refractivity (Wildman–Crippen MR) is 115 cm³/mol. The minimum absolute atomic E-state index is 0.0446. The van der Waals surface area contributed by atoms with E-state index in [-0.39, 0.29) is 6.04 Å². The van der Waals surface area contributed by atoms with Crippen LogP contribution in [0.2, 0.25) is 0 Å². The fraction of sp³-hybridized carbons (Fsp3) is 0.304. The highest BCUT2D eigenvalue weighted by Gasteiger charge is 2.21. The summed E-state index contributed by atoms with van der Waals surface area (Å²) in [4.78, 5) is 12.2. The van der Waals surface area contributed by atoms with Crippen LogP contribution in [0.25, 0.3) is 22.5 Å². The average molecular weight is 404 g/mol. The molecule has 154 valence electrons. The Kier molecular flexibility index (Phi) is 4.58. The Bertz CT molecular complexity index is 1190. The second kappa shape index (κ2) is 7.40. The number of nitrogens with one attached hydrogen (secondary N) is 2. The molecule has 4 heterocycles. The lowest BCUT2D eigenvalue weighted by Crippen LogP contribution is -2.19. The highest BCUT2D eigenvalue weighted by molar-refractivity contribution is 5.91. The summed E-state index contributed by atoms with van der Waals surface area (Å²) in [5, 5.41) is 4.54. The van der Waals surface area contributed by atoms with Crippen molar-refractivity contribution in [3.8, 4) is 23.0 Å². The van der Waals surface area contributed by atoms with Crippen LogP contribution in [0.1, 0.15) is 31.2 Å². The largest absolute Gasteiger partial charge is 0.486 e. The number of furan rings is 1. The molecule has 1 atom stereocenters. The number of ether oxygens (including phenoxy) is 2. The van der Waals surface area contributed by atoms with Gasteiger partial charge in [-0.05, 0) is 48.7 Å². The molecular formula is C23H24N4O3. The Balaban J connectivity index is 1.50. The number of rotatable bonds is 5. The lowest BCUT2D eigenvalue weighted by atomic mass is 9.95. The molecule has 0 radical (unpaired) electrons. The minimum Gasteiger partial charge on any atom is -0.486 e. The maximum absolute atomic E-state index is 5.77. The third kappa shape index (κ3) is 3.36. The maximum atomic E-state index is 5.77. The molecule has 5 rings (SSSR count). The van der Waals surface area contributed by atoms with E-state index in [1.165, 1.54) is 0 Å². The molecule has 2 N–H and O–H groups in total. The van der Waals surface area contributed by atoms with Crippen molar-refractivity contribution in [2.24, 2.45) is 5.92 Å². The first-order valence-electron chi connectivity index (χ1n) is 10.1. The van der Waals surface area contributed by atoms with Crippen molar-refractivity contribution in [2.75, 3.05) is 18.5 Å². The fourth-order valence-corrected chi connectivity index (χ4v) is 3.80. The third-order valence-electron chi connectivity index (χ3n) is 5.32. The molecule has 0 fully saturated rings. The molecule has 3 aromatic heterocycles. The van der Waals surface area contributed by atoms with Gasteiger partial charge in [-0.3, -0.25) is 0 Å². The van der Waals surface area contributed by atoms with Gasteiger partial charge < -0.3 is 24.2 Å². The minimum atomic E-state index is 0.0446. The molecule has 0 spiro atoms. The number of H-pyrrole nitrogens is 1. The second-order valence-corrected chi connectivity index (χ2v) is 7.85. The monoisotopic (exact) mass is 404 g/mol. The summed E-state index contributed by atoms with van der Waals surface area (Å²) < 4.78 is 17.2. The Labute approximate surface area is 174 Å². The molecule has 0 amide bonds. The van der Waals surface area contributed by atoms with Crippen LogP contribution in [0.5, 0.6) is 11.5 Å². The van der Waals surface area contributed by atoms with Crippen LogP contribution in [0.15, 0.2) is 47.1 Å². The number of nitrogens with zero attached hydrogens (tertiary/aromatic N) is 2. The maximum Gasteiger partial charge on any atom is 0.161 e. The first-order chi connectivity index (χ1) is 14.6. The molecule has 0 saturated heterocycles. The van der Waals surface area contributed by atoms with Gasteiger partial charge in [0.25, 0.3) is 0 Å². The number of fused-ring (bicyclic) bond motifs is 2. The van der Waals surface area contributed by atoms with Crippen molar-refractivity contribution in [3.05, 3.63) is 54.0 Å². The van der Waals surface area contributed by atoms with Crippen LogP contribution in [-0.2, 0) is 0 Å². The van der Waals surface area contributed by atoms with E-state index in [2.05, 4.69) is 46.2 Å². The van der Waals surface area contributed by atoms with Gasteiger partial charge >= 0.3 is 0 Å². The lowest BCUT2D eigenvalue weighted by Gasteiger charge is -2.26. The van der Waals surface area contributed by atoms with E-state index >= 15 is 0 Å². The Morgan fingerprint density at radius 3 is 2.60 bits per heavy atom. The van der Waals surface area contributed by atoms with E-state index in [0.29, 0.717) is 19.1 Å². The Hall–Kier alpha value is -3.48. The zero-order valence-corrected chi connectivity index (χ0v) is 17.2. The van der Waals surface area contributed by atoms with E-state index < -0.39 is 0 Å². The smallest absolute Gasteiger partial charge is 0.161 e. The molecule has 0 unspecified atom stereocenters. The van der Waals surface area contributed by atoms with Crippen molar-refractivity contribution < 1.29 is 13.9 Å². The standard InChI is InChI=1S/C23H24N4O3/c1-13(2)21(15-5-7-19-20(10-15)29-9-8-28-19)27-23-16-11-17(18-6-4-14(3)30-18)26-22(16)24-12-25-23/h4-7,10-13,21H,8-9H2,1-3H3,(H2,24,25,26,27)/t21-/m1/s1. The summed E-state index contributed by atoms with van der Waals surface area (Å²) in [6, 6.07) is 12.1. The SMILES string of the molecule is Cc1ccc(-c2cc3c(N[C@@H](c4ccc5c(c4)OCCO5)C(C)C)ncnc3[nH]2)o1. The van der Waals surface area contributed by atoms with E-state index in [9.17, 15) is 0 Å². The van der Waals surface area contributed by atoms with Crippen molar-refractivity contribution in [1.82, 2.24) is 15.0 Å². The highest BCUT2D eigenvalue weighted by Crippen LogP contribution is 2.36. The van der Waals surface area contributed by atoms with Gasteiger partial charge in [0.1, 0.15) is 36.8 Å². The van der Waals surface area contributed by atoms with Gasteiger partial charge in [0.2, 0.25) is 0 Å². The summed E-state index contributed by atoms with van der Waals surface area (Å²) in [6.45, 7) is 7.45. The van der Waals surface area contributed by atoms with E-state index in [4.69, 9.17) is 13.9 Å². The number of hydrogen-bond acceptors (Lipinski definition) is 6. The van der Waals surface area contributed by atoms with Crippen LogP contribution < -0.4 is 14.8 Å². The molecule has 0 bridgehead atoms. The van der Waals surface area contributed by atoms with E-state index in [1.54, 1.807) is 6.33 Å². The molecule has 7 nitrogen and oxygen atoms in total. The zero-order chi connectivity index (χ0) is 20.7. The summed E-state index contributed by atoms with van der Waals surface area (Å²) in [5.74, 6) is 4.33. The van der Waals surface area contributed by atoms with Gasteiger partial charge in [0, 0.05) is 0 Å². The second-order valence-electron chi connectivity index (χ2n) is 7.85. The van der Waals surface area contributed by atoms with Gasteiger partial charge in [0.15, 0.2) is 17.3 Å². The lowest BCUT2D eigenvalue weighted by molar-refractivity contribution is 0.171. The van der Waals surface area contributed by atoms with Gasteiger partial charge in [-0.1, -0.05) is 19.9 Å². The first-order valence-corrected chi connectivity index (χ1v) is 10.1. The first kappa shape index (κ1) is 18.5. The fourth-order valence-electron chi connectivity index (χ4n) is 3.80. The molecule has 0 saturated carbocycles. The third-order valence-corrected chi connectivity index (χ3v) is 5.32. The summed E-state index contributed by atoms with van der Waals surface area (Å²) in [7, 11) is 0. The molecular weight excluding hydrogens is 380 g/mol. The zero-order valence-electron chi connectivity index (χ0n) is 17.2. The molecule has 0 aliphatic carbocycles. The Morgan fingerprint density at radius 1 is 1.00 bits per heavy atom. The van der Waals surface area contributed by atoms with Gasteiger partial charge in [0.05, 0.1) is 17.1 Å². The topological polar surface area (TPSA) is 85.2 Å². The predicted octanol–water partition coefficient (Wildman–Crippen LogP) is 5.11. The molecule has 1 aromatic carbocycles. The molecule has 1 aliphatic rings. The summed E-state index contributed by atoms with van der Waals surface area (Å²) in [6.07, 6.45) is 1.57. The number of aromatic amines is 1. The van der Waals surface area contributed by atoms with Crippen LogP contribution in [0.4, 0.5) is 5.82 Å². The van der Waals surface area contributed by atoms with E-state index in [0.717, 1.165) is 51.1 Å². The number of aryl methyl sites for hydroxylation is 1. The van der Waals surface area contributed by atoms with Crippen LogP contribution in [0, 0.1) is 12.8 Å². The molecule has 1 aliphatic heterocycles. The highest BCUT2D eigenvalue weighted by atomic mass is 16.6. The van der Waals surface area contributed by atoms with Gasteiger partial charge in [-0.25, -0.2) is 9.97 Å². The average Bonchev–Trinajstić information content (AvgIpc) is 3.38. The van der Waals surface area contributed by atoms with Crippen molar-refractivity contribution in [2.45, 2.75) is 26.8 Å². The normalized spacial score (nSPS) is 14.3. The summed E-state index contributed by atoms with van der Waals surface area (Å²) >= 11 is 0. The van der Waals surface area contributed by atoms with Crippen molar-refractivity contribution >= 4 is 16.9 Å².